The molecule has 0 aliphatic carbocycles. The van der Waals surface area contributed by atoms with Crippen LogP contribution in [0.2, 0.25) is 0 Å². The largest absolute Gasteiger partial charge is 0.512 e. The number of aromatic nitrogens is 2. The highest BCUT2D eigenvalue weighted by Crippen LogP contribution is 2.26. The van der Waals surface area contributed by atoms with Gasteiger partial charge in [0.25, 0.3) is 0 Å². The number of rotatable bonds is 3. The third-order valence-electron chi connectivity index (χ3n) is 1.41. The summed E-state index contributed by atoms with van der Waals surface area (Å²) in [5.41, 5.74) is -1.11. The van der Waals surface area contributed by atoms with Gasteiger partial charge in [0.15, 0.2) is 0 Å². The van der Waals surface area contributed by atoms with Gasteiger partial charge in [-0.25, -0.2) is 19.6 Å². The molecule has 0 unspecified atom stereocenters. The topological polar surface area (TPSA) is 110 Å². The van der Waals surface area contributed by atoms with E-state index in [0.29, 0.717) is 12.4 Å². The van der Waals surface area contributed by atoms with Crippen LogP contribution in [0.15, 0.2) is 12.4 Å². The molecule has 0 amide bonds. The molecule has 1 rings (SSSR count). The van der Waals surface area contributed by atoms with Crippen molar-refractivity contribution in [2.24, 2.45) is 0 Å². The van der Waals surface area contributed by atoms with Crippen molar-refractivity contribution in [3.63, 3.8) is 0 Å². The van der Waals surface area contributed by atoms with Crippen molar-refractivity contribution < 1.29 is 33.3 Å². The Morgan fingerprint density at radius 2 is 1.88 bits per heavy atom. The van der Waals surface area contributed by atoms with Crippen LogP contribution in [0, 0.1) is 0 Å². The number of hydrogen-bond acceptors (Lipinski definition) is 5. The third-order valence-corrected chi connectivity index (χ3v) is 1.41. The van der Waals surface area contributed by atoms with Gasteiger partial charge in [0.2, 0.25) is 5.88 Å². The Hall–Kier alpha value is -2.32. The molecule has 0 atom stereocenters. The molecule has 0 aliphatic heterocycles. The summed E-state index contributed by atoms with van der Waals surface area (Å²) in [4.78, 5) is 26.4. The molecule has 7 nitrogen and oxygen atoms in total. The molecule has 2 N–H and O–H groups in total. The predicted molar refractivity (Wildman–Crippen MR) is 42.2 cm³/mol. The number of nitrogens with zero attached hydrogens (tertiary/aromatic N) is 2. The van der Waals surface area contributed by atoms with Gasteiger partial charge in [-0.2, -0.15) is 8.78 Å². The van der Waals surface area contributed by atoms with Crippen LogP contribution in [0.25, 0.3) is 0 Å². The molecule has 1 aromatic heterocycles. The van der Waals surface area contributed by atoms with Crippen molar-refractivity contribution in [3.05, 3.63) is 18.1 Å². The first-order chi connectivity index (χ1) is 7.34. The zero-order chi connectivity index (χ0) is 12.3. The van der Waals surface area contributed by atoms with Gasteiger partial charge >= 0.3 is 18.0 Å². The standard InChI is InChI=1S/C7H4F2N2O5/c8-7(9,5(12)13)3-1-11-4(2-10-3)16-6(14)15/h1-2H,(H,12,13)(H,14,15). The molecule has 0 saturated carbocycles. The van der Waals surface area contributed by atoms with E-state index in [4.69, 9.17) is 10.2 Å². The fourth-order valence-corrected chi connectivity index (χ4v) is 0.730. The summed E-state index contributed by atoms with van der Waals surface area (Å²) in [7, 11) is 0. The second kappa shape index (κ2) is 4.04. The highest BCUT2D eigenvalue weighted by atomic mass is 19.3. The number of carboxylic acids is 1. The average Bonchev–Trinajstić information content (AvgIpc) is 2.17. The Kier molecular flexibility index (Phi) is 2.97. The van der Waals surface area contributed by atoms with Crippen molar-refractivity contribution in [2.75, 3.05) is 0 Å². The maximum absolute atomic E-state index is 12.8. The lowest BCUT2D eigenvalue weighted by Gasteiger charge is -2.09. The predicted octanol–water partition coefficient (Wildman–Crippen LogP) is 0.710. The Morgan fingerprint density at radius 1 is 1.25 bits per heavy atom. The summed E-state index contributed by atoms with van der Waals surface area (Å²) in [5.74, 6) is -7.10. The van der Waals surface area contributed by atoms with E-state index in [0.717, 1.165) is 0 Å². The van der Waals surface area contributed by atoms with Crippen LogP contribution in [-0.2, 0) is 10.7 Å². The number of ether oxygens (including phenoxy) is 1. The van der Waals surface area contributed by atoms with Crippen LogP contribution < -0.4 is 4.74 Å². The second-order valence-electron chi connectivity index (χ2n) is 2.49. The summed E-state index contributed by atoms with van der Waals surface area (Å²) in [6.45, 7) is 0. The molecule has 0 saturated heterocycles. The Labute approximate surface area is 86.3 Å². The lowest BCUT2D eigenvalue weighted by atomic mass is 10.2. The van der Waals surface area contributed by atoms with Crippen molar-refractivity contribution in [1.82, 2.24) is 9.97 Å². The smallest absolute Gasteiger partial charge is 0.476 e. The number of aliphatic carboxylic acids is 1. The molecule has 0 aliphatic rings. The second-order valence-corrected chi connectivity index (χ2v) is 2.49. The van der Waals surface area contributed by atoms with E-state index in [1.807, 2.05) is 0 Å². The highest BCUT2D eigenvalue weighted by Gasteiger charge is 2.43. The van der Waals surface area contributed by atoms with E-state index in [9.17, 15) is 18.4 Å². The fourth-order valence-electron chi connectivity index (χ4n) is 0.730. The molecule has 0 aromatic carbocycles. The van der Waals surface area contributed by atoms with Gasteiger partial charge in [0.1, 0.15) is 5.69 Å². The summed E-state index contributed by atoms with van der Waals surface area (Å²) in [6.07, 6.45) is -0.681. The Morgan fingerprint density at radius 3 is 2.25 bits per heavy atom. The monoisotopic (exact) mass is 234 g/mol. The number of alkyl halides is 2. The molecular formula is C7H4F2N2O5. The minimum absolute atomic E-state index is 0.423. The van der Waals surface area contributed by atoms with Crippen molar-refractivity contribution in [3.8, 4) is 5.88 Å². The first-order valence-electron chi connectivity index (χ1n) is 3.68. The first-order valence-corrected chi connectivity index (χ1v) is 3.68. The summed E-state index contributed by atoms with van der Waals surface area (Å²) in [6, 6.07) is 0. The molecule has 0 radical (unpaired) electrons. The lowest BCUT2D eigenvalue weighted by Crippen LogP contribution is -2.26. The molecule has 9 heteroatoms. The summed E-state index contributed by atoms with van der Waals surface area (Å²) >= 11 is 0. The maximum atomic E-state index is 12.8. The zero-order valence-corrected chi connectivity index (χ0v) is 7.42. The number of carbonyl (C=O) groups is 2. The van der Waals surface area contributed by atoms with E-state index in [1.54, 1.807) is 0 Å². The zero-order valence-electron chi connectivity index (χ0n) is 7.42. The minimum Gasteiger partial charge on any atom is -0.476 e. The van der Waals surface area contributed by atoms with E-state index in [2.05, 4.69) is 14.7 Å². The summed E-state index contributed by atoms with van der Waals surface area (Å²) in [5, 5.41) is 16.3. The van der Waals surface area contributed by atoms with E-state index in [1.165, 1.54) is 0 Å². The summed E-state index contributed by atoms with van der Waals surface area (Å²) < 4.78 is 29.6. The Balaban J connectivity index is 2.95. The molecule has 1 heterocycles. The van der Waals surface area contributed by atoms with Gasteiger partial charge in [-0.3, -0.25) is 0 Å². The van der Waals surface area contributed by atoms with Crippen LogP contribution in [0.5, 0.6) is 5.88 Å². The van der Waals surface area contributed by atoms with Gasteiger partial charge in [0, 0.05) is 0 Å². The van der Waals surface area contributed by atoms with Gasteiger partial charge in [-0.15, -0.1) is 0 Å². The van der Waals surface area contributed by atoms with Gasteiger partial charge < -0.3 is 14.9 Å². The van der Waals surface area contributed by atoms with Crippen molar-refractivity contribution in [2.45, 2.75) is 5.92 Å². The van der Waals surface area contributed by atoms with Crippen LogP contribution in [-0.4, -0.2) is 32.3 Å². The van der Waals surface area contributed by atoms with Gasteiger partial charge in [0.05, 0.1) is 12.4 Å². The maximum Gasteiger partial charge on any atom is 0.512 e. The number of halogens is 2. The molecular weight excluding hydrogens is 230 g/mol. The van der Waals surface area contributed by atoms with Crippen LogP contribution in [0.1, 0.15) is 5.69 Å². The first kappa shape index (κ1) is 11.8. The minimum atomic E-state index is -4.19. The van der Waals surface area contributed by atoms with Crippen molar-refractivity contribution >= 4 is 12.1 Å². The van der Waals surface area contributed by atoms with Gasteiger partial charge in [-0.05, 0) is 0 Å². The lowest BCUT2D eigenvalue weighted by molar-refractivity contribution is -0.167. The Bertz CT molecular complexity index is 419. The van der Waals surface area contributed by atoms with Crippen LogP contribution >= 0.6 is 0 Å². The molecule has 0 fully saturated rings. The molecule has 86 valence electrons. The molecule has 0 spiro atoms. The van der Waals surface area contributed by atoms with E-state index in [-0.39, 0.29) is 0 Å². The van der Waals surface area contributed by atoms with Crippen LogP contribution in [0.3, 0.4) is 0 Å². The number of hydrogen-bond donors (Lipinski definition) is 2. The number of carboxylic acid groups (broad SMARTS) is 2. The molecule has 1 aromatic rings. The van der Waals surface area contributed by atoms with E-state index < -0.39 is 29.6 Å². The quantitative estimate of drug-likeness (QED) is 0.741. The fraction of sp³-hybridized carbons (Fsp3) is 0.143. The van der Waals surface area contributed by atoms with E-state index >= 15 is 0 Å². The normalized spacial score (nSPS) is 10.9. The average molecular weight is 234 g/mol. The highest BCUT2D eigenvalue weighted by molar-refractivity contribution is 5.76. The van der Waals surface area contributed by atoms with Crippen LogP contribution in [0.4, 0.5) is 13.6 Å². The van der Waals surface area contributed by atoms with Crippen molar-refractivity contribution in [1.29, 1.82) is 0 Å². The molecule has 0 bridgehead atoms. The SMILES string of the molecule is O=C(O)Oc1cnc(C(F)(F)C(=O)O)cn1. The van der Waals surface area contributed by atoms with Gasteiger partial charge in [-0.1, -0.05) is 0 Å². The third kappa shape index (κ3) is 2.38. The molecule has 16 heavy (non-hydrogen) atoms.